The summed E-state index contributed by atoms with van der Waals surface area (Å²) in [5.74, 6) is -3.74. The van der Waals surface area contributed by atoms with E-state index < -0.39 is 59.6 Å². The second-order valence-electron chi connectivity index (χ2n) is 13.8. The van der Waals surface area contributed by atoms with Crippen molar-refractivity contribution in [1.82, 2.24) is 20.0 Å². The van der Waals surface area contributed by atoms with Crippen LogP contribution in [0.2, 0.25) is 0 Å². The van der Waals surface area contributed by atoms with E-state index in [-0.39, 0.29) is 37.3 Å². The summed E-state index contributed by atoms with van der Waals surface area (Å²) in [5.41, 5.74) is -0.698. The molecule has 260 valence electrons. The van der Waals surface area contributed by atoms with Gasteiger partial charge in [0.25, 0.3) is 0 Å². The van der Waals surface area contributed by atoms with E-state index >= 15 is 0 Å². The van der Waals surface area contributed by atoms with Gasteiger partial charge in [0.2, 0.25) is 17.7 Å². The Labute approximate surface area is 282 Å². The average Bonchev–Trinajstić information content (AvgIpc) is 3.72. The second-order valence-corrected chi connectivity index (χ2v) is 13.8. The molecule has 8 atom stereocenters. The standard InChI is InChI=1S/C36H48N4O8/c1-23(2)26(22-41)40-32-34(44)39(17-16-38-18-20-46-21-19-38)15-9-5-8-12-28(42)37-24(3)31(25-10-6-4-7-11-25)47-35(45)29-27-13-14-36(32,48-27)30(29)33(40)43/h4-7,9-11,13-14,23-24,26-27,29-32,41H,8,12,15-22H2,1-3H3,(H,37,42)/b9-5-/t24-,26+,27+,29-,30-,31+,32+,36-/m1/s1. The van der Waals surface area contributed by atoms with Crippen molar-refractivity contribution in [2.24, 2.45) is 17.8 Å². The number of rotatable bonds is 7. The highest BCUT2D eigenvalue weighted by molar-refractivity contribution is 5.99. The molecule has 6 rings (SSSR count). The Morgan fingerprint density at radius 3 is 2.48 bits per heavy atom. The van der Waals surface area contributed by atoms with Gasteiger partial charge in [-0.2, -0.15) is 0 Å². The number of morpholine rings is 1. The van der Waals surface area contributed by atoms with E-state index in [1.54, 1.807) is 24.0 Å². The van der Waals surface area contributed by atoms with Crippen molar-refractivity contribution in [3.63, 3.8) is 0 Å². The summed E-state index contributed by atoms with van der Waals surface area (Å²) in [6, 6.07) is 6.88. The third kappa shape index (κ3) is 6.43. The van der Waals surface area contributed by atoms with E-state index in [0.717, 1.165) is 13.1 Å². The average molecular weight is 665 g/mol. The van der Waals surface area contributed by atoms with Gasteiger partial charge < -0.3 is 34.4 Å². The molecule has 1 aromatic rings. The zero-order valence-corrected chi connectivity index (χ0v) is 28.0. The molecule has 5 aliphatic rings. The van der Waals surface area contributed by atoms with Crippen LogP contribution in [0.4, 0.5) is 0 Å². The van der Waals surface area contributed by atoms with E-state index in [9.17, 15) is 24.3 Å². The third-order valence-electron chi connectivity index (χ3n) is 10.5. The number of ether oxygens (including phenoxy) is 3. The summed E-state index contributed by atoms with van der Waals surface area (Å²) in [6.45, 7) is 9.28. The van der Waals surface area contributed by atoms with Gasteiger partial charge in [-0.25, -0.2) is 0 Å². The molecule has 0 aliphatic carbocycles. The van der Waals surface area contributed by atoms with Gasteiger partial charge in [-0.3, -0.25) is 24.1 Å². The fourth-order valence-electron chi connectivity index (χ4n) is 7.93. The molecule has 2 N–H and O–H groups in total. The summed E-state index contributed by atoms with van der Waals surface area (Å²) >= 11 is 0. The summed E-state index contributed by atoms with van der Waals surface area (Å²) < 4.78 is 18.3. The number of likely N-dealkylation sites (tertiary alicyclic amines) is 1. The van der Waals surface area contributed by atoms with Crippen LogP contribution < -0.4 is 5.32 Å². The number of hydrogen-bond donors (Lipinski definition) is 2. The maximum Gasteiger partial charge on any atom is 0.313 e. The van der Waals surface area contributed by atoms with Crippen LogP contribution in [0.3, 0.4) is 0 Å². The molecule has 5 bridgehead atoms. The SMILES string of the molecule is CC(C)[C@H](CO)N1C(=O)[C@H]2[C@@H]3C(=O)O[C@H](c4ccccc4)[C@@H](C)NC(=O)CC/C=C\CN(CCN4CCOCC4)C(=O)[C@H]1[C@@]21C=C[C@@H]3O1. The minimum Gasteiger partial charge on any atom is -0.455 e. The molecule has 5 aliphatic heterocycles. The lowest BCUT2D eigenvalue weighted by molar-refractivity contribution is -0.162. The monoisotopic (exact) mass is 664 g/mol. The molecule has 3 fully saturated rings. The topological polar surface area (TPSA) is 138 Å². The molecule has 0 unspecified atom stereocenters. The van der Waals surface area contributed by atoms with Crippen molar-refractivity contribution in [2.45, 2.75) is 69.5 Å². The number of nitrogens with zero attached hydrogens (tertiary/aromatic N) is 3. The van der Waals surface area contributed by atoms with Crippen molar-refractivity contribution in [2.75, 3.05) is 52.5 Å². The zero-order chi connectivity index (χ0) is 34.0. The maximum absolute atomic E-state index is 14.9. The van der Waals surface area contributed by atoms with Gasteiger partial charge in [0.05, 0.1) is 43.9 Å². The van der Waals surface area contributed by atoms with Gasteiger partial charge in [0.15, 0.2) is 0 Å². The van der Waals surface area contributed by atoms with Crippen LogP contribution in [0.15, 0.2) is 54.6 Å². The molecule has 1 spiro atoms. The van der Waals surface area contributed by atoms with Crippen molar-refractivity contribution in [3.05, 3.63) is 60.2 Å². The van der Waals surface area contributed by atoms with E-state index in [1.165, 1.54) is 4.90 Å². The normalized spacial score (nSPS) is 34.4. The van der Waals surface area contributed by atoms with Gasteiger partial charge in [0.1, 0.15) is 23.7 Å². The number of carbonyl (C=O) groups is 4. The molecule has 12 nitrogen and oxygen atoms in total. The number of fused-ring (bicyclic) bond motifs is 2. The molecule has 3 saturated heterocycles. The lowest BCUT2D eigenvalue weighted by Gasteiger charge is -2.40. The molecule has 12 heteroatoms. The number of aliphatic hydroxyl groups excluding tert-OH is 1. The first kappa shape index (κ1) is 34.3. The molecular weight excluding hydrogens is 616 g/mol. The highest BCUT2D eigenvalue weighted by Gasteiger charge is 2.74. The molecule has 0 saturated carbocycles. The van der Waals surface area contributed by atoms with Crippen LogP contribution in [0.1, 0.15) is 45.3 Å². The van der Waals surface area contributed by atoms with Gasteiger partial charge in [0, 0.05) is 39.1 Å². The number of amides is 3. The zero-order valence-electron chi connectivity index (χ0n) is 28.0. The van der Waals surface area contributed by atoms with Gasteiger partial charge in [-0.1, -0.05) is 68.5 Å². The molecule has 5 heterocycles. The third-order valence-corrected chi connectivity index (χ3v) is 10.5. The quantitative estimate of drug-likeness (QED) is 0.328. The molecule has 1 aromatic carbocycles. The van der Waals surface area contributed by atoms with E-state index in [2.05, 4.69) is 10.2 Å². The van der Waals surface area contributed by atoms with Crippen LogP contribution in [0, 0.1) is 17.8 Å². The Balaban J connectivity index is 1.40. The van der Waals surface area contributed by atoms with Gasteiger partial charge in [-0.15, -0.1) is 0 Å². The Morgan fingerprint density at radius 2 is 1.77 bits per heavy atom. The van der Waals surface area contributed by atoms with E-state index in [1.807, 2.05) is 56.3 Å². The van der Waals surface area contributed by atoms with Gasteiger partial charge >= 0.3 is 5.97 Å². The van der Waals surface area contributed by atoms with Crippen LogP contribution >= 0.6 is 0 Å². The first-order valence-electron chi connectivity index (χ1n) is 17.2. The molecular formula is C36H48N4O8. The number of hydrogen-bond acceptors (Lipinski definition) is 9. The molecule has 48 heavy (non-hydrogen) atoms. The van der Waals surface area contributed by atoms with Crippen LogP contribution in [-0.2, 0) is 33.4 Å². The number of aliphatic hydroxyl groups is 1. The maximum atomic E-state index is 14.9. The Kier molecular flexibility index (Phi) is 10.4. The lowest BCUT2D eigenvalue weighted by Crippen LogP contribution is -2.60. The second kappa shape index (κ2) is 14.5. The number of esters is 1. The van der Waals surface area contributed by atoms with Crippen LogP contribution in [0.5, 0.6) is 0 Å². The van der Waals surface area contributed by atoms with Crippen LogP contribution in [-0.4, -0.2) is 126 Å². The predicted molar refractivity (Wildman–Crippen MR) is 175 cm³/mol. The van der Waals surface area contributed by atoms with Gasteiger partial charge in [-0.05, 0) is 24.8 Å². The Morgan fingerprint density at radius 1 is 1.02 bits per heavy atom. The fourth-order valence-corrected chi connectivity index (χ4v) is 7.93. The van der Waals surface area contributed by atoms with Crippen molar-refractivity contribution in [1.29, 1.82) is 0 Å². The number of carbonyl (C=O) groups excluding carboxylic acids is 4. The number of benzene rings is 1. The number of allylic oxidation sites excluding steroid dienone is 1. The molecule has 0 radical (unpaired) electrons. The first-order valence-corrected chi connectivity index (χ1v) is 17.2. The van der Waals surface area contributed by atoms with E-state index in [4.69, 9.17) is 14.2 Å². The largest absolute Gasteiger partial charge is 0.455 e. The highest BCUT2D eigenvalue weighted by atomic mass is 16.6. The Hall–Kier alpha value is -3.58. The smallest absolute Gasteiger partial charge is 0.313 e. The fraction of sp³-hybridized carbons (Fsp3) is 0.611. The Bertz CT molecular complexity index is 1410. The summed E-state index contributed by atoms with van der Waals surface area (Å²) in [4.78, 5) is 62.2. The van der Waals surface area contributed by atoms with E-state index in [0.29, 0.717) is 38.3 Å². The molecule has 3 amide bonds. The predicted octanol–water partition coefficient (Wildman–Crippen LogP) is 1.45. The number of nitrogens with one attached hydrogen (secondary N) is 1. The highest BCUT2D eigenvalue weighted by Crippen LogP contribution is 2.56. The first-order chi connectivity index (χ1) is 23.2. The lowest BCUT2D eigenvalue weighted by atomic mass is 9.74. The van der Waals surface area contributed by atoms with Crippen molar-refractivity contribution < 1.29 is 38.5 Å². The van der Waals surface area contributed by atoms with Crippen molar-refractivity contribution >= 4 is 23.7 Å². The summed E-state index contributed by atoms with van der Waals surface area (Å²) in [5, 5.41) is 13.6. The van der Waals surface area contributed by atoms with Crippen LogP contribution in [0.25, 0.3) is 0 Å². The summed E-state index contributed by atoms with van der Waals surface area (Å²) in [6.07, 6.45) is 6.41. The minimum absolute atomic E-state index is 0.178. The minimum atomic E-state index is -1.40. The summed E-state index contributed by atoms with van der Waals surface area (Å²) in [7, 11) is 0. The number of cyclic esters (lactones) is 1. The van der Waals surface area contributed by atoms with Crippen molar-refractivity contribution in [3.8, 4) is 0 Å². The molecule has 0 aromatic heterocycles.